The Morgan fingerprint density at radius 2 is 2.38 bits per heavy atom. The van der Waals surface area contributed by atoms with E-state index in [9.17, 15) is 9.59 Å². The molecule has 0 aromatic heterocycles. The highest BCUT2D eigenvalue weighted by Crippen LogP contribution is 2.48. The molecule has 3 atom stereocenters. The van der Waals surface area contributed by atoms with E-state index in [1.165, 1.54) is 6.92 Å². The fourth-order valence-corrected chi connectivity index (χ4v) is 1.57. The van der Waals surface area contributed by atoms with E-state index in [1.54, 1.807) is 6.08 Å². The average molecular weight is 227 g/mol. The zero-order chi connectivity index (χ0) is 12.3. The Bertz CT molecular complexity index is 315. The lowest BCUT2D eigenvalue weighted by Gasteiger charge is -2.15. The monoisotopic (exact) mass is 227 g/mol. The largest absolute Gasteiger partial charge is 0.480 e. The summed E-state index contributed by atoms with van der Waals surface area (Å²) in [5, 5.41) is 10.8. The number of amides is 1. The van der Waals surface area contributed by atoms with Gasteiger partial charge in [0.1, 0.15) is 11.6 Å². The number of carbonyl (C=O) groups is 2. The zero-order valence-corrected chi connectivity index (χ0v) is 9.53. The van der Waals surface area contributed by atoms with Crippen LogP contribution in [0.3, 0.4) is 0 Å². The molecule has 3 unspecified atom stereocenters. The minimum absolute atomic E-state index is 0.302. The predicted molar refractivity (Wildman–Crippen MR) is 58.0 cm³/mol. The summed E-state index contributed by atoms with van der Waals surface area (Å²) in [6.45, 7) is 6.85. The molecule has 0 saturated heterocycles. The molecule has 1 aliphatic rings. The van der Waals surface area contributed by atoms with Crippen molar-refractivity contribution in [2.75, 3.05) is 0 Å². The van der Waals surface area contributed by atoms with Crippen molar-refractivity contribution in [3.63, 3.8) is 0 Å². The molecule has 5 nitrogen and oxygen atoms in total. The molecule has 5 heteroatoms. The summed E-state index contributed by atoms with van der Waals surface area (Å²) in [7, 11) is 0. The lowest BCUT2D eigenvalue weighted by molar-refractivity contribution is -0.138. The maximum atomic E-state index is 11.3. The minimum Gasteiger partial charge on any atom is -0.480 e. The van der Waals surface area contributed by atoms with Crippen molar-refractivity contribution < 1.29 is 19.4 Å². The van der Waals surface area contributed by atoms with Crippen molar-refractivity contribution in [3.8, 4) is 0 Å². The highest BCUT2D eigenvalue weighted by Gasteiger charge is 2.53. The van der Waals surface area contributed by atoms with Gasteiger partial charge in [0, 0.05) is 5.92 Å². The number of ether oxygens (including phenoxy) is 1. The van der Waals surface area contributed by atoms with Crippen LogP contribution >= 0.6 is 0 Å². The lowest BCUT2D eigenvalue weighted by Crippen LogP contribution is -2.40. The summed E-state index contributed by atoms with van der Waals surface area (Å²) < 4.78 is 5.17. The van der Waals surface area contributed by atoms with Crippen LogP contribution in [-0.4, -0.2) is 28.8 Å². The first-order chi connectivity index (χ1) is 7.39. The molecular formula is C11H17NO4. The van der Waals surface area contributed by atoms with Crippen molar-refractivity contribution in [2.45, 2.75) is 38.3 Å². The van der Waals surface area contributed by atoms with Crippen molar-refractivity contribution in [1.29, 1.82) is 0 Å². The first-order valence-corrected chi connectivity index (χ1v) is 5.22. The Morgan fingerprint density at radius 1 is 1.75 bits per heavy atom. The number of allylic oxidation sites excluding steroid dienone is 1. The lowest BCUT2D eigenvalue weighted by atomic mass is 10.2. The maximum absolute atomic E-state index is 11.3. The number of rotatable bonds is 5. The summed E-state index contributed by atoms with van der Waals surface area (Å²) in [5.41, 5.74) is -0.462. The molecule has 1 fully saturated rings. The molecule has 0 aromatic rings. The fraction of sp³-hybridized carbons (Fsp3) is 0.636. The van der Waals surface area contributed by atoms with Crippen LogP contribution < -0.4 is 5.32 Å². The first kappa shape index (κ1) is 12.5. The minimum atomic E-state index is -1.08. The summed E-state index contributed by atoms with van der Waals surface area (Å²) in [6.07, 6.45) is 2.72. The van der Waals surface area contributed by atoms with E-state index < -0.39 is 23.7 Å². The van der Waals surface area contributed by atoms with E-state index >= 15 is 0 Å². The van der Waals surface area contributed by atoms with Gasteiger partial charge in [0.2, 0.25) is 0 Å². The topological polar surface area (TPSA) is 75.6 Å². The SMILES string of the molecule is C=CCC1CC1(C)OC(=O)NC(C)C(=O)O. The quantitative estimate of drug-likeness (QED) is 0.698. The molecule has 1 saturated carbocycles. The average Bonchev–Trinajstić information content (AvgIpc) is 2.75. The van der Waals surface area contributed by atoms with Gasteiger partial charge in [-0.2, -0.15) is 0 Å². The van der Waals surface area contributed by atoms with Crippen LogP contribution in [0, 0.1) is 5.92 Å². The number of carboxylic acids is 1. The van der Waals surface area contributed by atoms with E-state index in [0.29, 0.717) is 5.92 Å². The molecular weight excluding hydrogens is 210 g/mol. The Hall–Kier alpha value is -1.52. The first-order valence-electron chi connectivity index (χ1n) is 5.22. The number of alkyl carbamates (subject to hydrolysis) is 1. The molecule has 16 heavy (non-hydrogen) atoms. The number of carbonyl (C=O) groups excluding carboxylic acids is 1. The van der Waals surface area contributed by atoms with Gasteiger partial charge >= 0.3 is 12.1 Å². The third kappa shape index (κ3) is 2.98. The Morgan fingerprint density at radius 3 is 2.88 bits per heavy atom. The van der Waals surface area contributed by atoms with Crippen LogP contribution in [0.4, 0.5) is 4.79 Å². The van der Waals surface area contributed by atoms with Gasteiger partial charge in [-0.05, 0) is 26.7 Å². The van der Waals surface area contributed by atoms with Gasteiger partial charge in [-0.15, -0.1) is 6.58 Å². The number of hydrogen-bond acceptors (Lipinski definition) is 3. The Balaban J connectivity index is 2.36. The van der Waals surface area contributed by atoms with E-state index in [-0.39, 0.29) is 0 Å². The molecule has 90 valence electrons. The van der Waals surface area contributed by atoms with Crippen LogP contribution in [0.5, 0.6) is 0 Å². The second kappa shape index (κ2) is 4.55. The molecule has 0 aliphatic heterocycles. The van der Waals surface area contributed by atoms with E-state index in [4.69, 9.17) is 9.84 Å². The Labute approximate surface area is 94.5 Å². The fourth-order valence-electron chi connectivity index (χ4n) is 1.57. The van der Waals surface area contributed by atoms with Gasteiger partial charge in [-0.3, -0.25) is 4.79 Å². The number of aliphatic carboxylic acids is 1. The third-order valence-corrected chi connectivity index (χ3v) is 2.84. The van der Waals surface area contributed by atoms with Gasteiger partial charge in [-0.25, -0.2) is 4.79 Å². The smallest absolute Gasteiger partial charge is 0.408 e. The standard InChI is InChI=1S/C11H17NO4/c1-4-5-8-6-11(8,3)16-10(15)12-7(2)9(13)14/h4,7-8H,1,5-6H2,2-3H3,(H,12,15)(H,13,14). The van der Waals surface area contributed by atoms with Crippen molar-refractivity contribution in [3.05, 3.63) is 12.7 Å². The van der Waals surface area contributed by atoms with Gasteiger partial charge in [0.05, 0.1) is 0 Å². The second-order valence-electron chi connectivity index (χ2n) is 4.33. The molecule has 0 bridgehead atoms. The number of carboxylic acid groups (broad SMARTS) is 1. The summed E-state index contributed by atoms with van der Waals surface area (Å²) in [4.78, 5) is 21.8. The molecule has 1 aliphatic carbocycles. The second-order valence-corrected chi connectivity index (χ2v) is 4.33. The van der Waals surface area contributed by atoms with Crippen molar-refractivity contribution in [1.82, 2.24) is 5.32 Å². The molecule has 0 radical (unpaired) electrons. The van der Waals surface area contributed by atoms with Crippen LogP contribution in [0.25, 0.3) is 0 Å². The summed E-state index contributed by atoms with van der Waals surface area (Å²) >= 11 is 0. The van der Waals surface area contributed by atoms with Crippen molar-refractivity contribution >= 4 is 12.1 Å². The third-order valence-electron chi connectivity index (χ3n) is 2.84. The highest BCUT2D eigenvalue weighted by molar-refractivity contribution is 5.79. The number of nitrogens with one attached hydrogen (secondary N) is 1. The normalized spacial score (nSPS) is 29.0. The van der Waals surface area contributed by atoms with Crippen molar-refractivity contribution in [2.24, 2.45) is 5.92 Å². The van der Waals surface area contributed by atoms with E-state index in [1.807, 2.05) is 6.92 Å². The van der Waals surface area contributed by atoms with E-state index in [0.717, 1.165) is 12.8 Å². The molecule has 0 aromatic carbocycles. The van der Waals surface area contributed by atoms with Gasteiger partial charge < -0.3 is 15.2 Å². The highest BCUT2D eigenvalue weighted by atomic mass is 16.6. The molecule has 0 heterocycles. The van der Waals surface area contributed by atoms with Crippen LogP contribution in [0.2, 0.25) is 0 Å². The summed E-state index contributed by atoms with van der Waals surface area (Å²) in [6, 6.07) is -0.937. The van der Waals surface area contributed by atoms with Crippen LogP contribution in [0.1, 0.15) is 26.7 Å². The molecule has 2 N–H and O–H groups in total. The maximum Gasteiger partial charge on any atom is 0.408 e. The molecule has 1 amide bonds. The Kier molecular flexibility index (Phi) is 3.57. The van der Waals surface area contributed by atoms with Crippen LogP contribution in [-0.2, 0) is 9.53 Å². The number of hydrogen-bond donors (Lipinski definition) is 2. The van der Waals surface area contributed by atoms with E-state index in [2.05, 4.69) is 11.9 Å². The molecule has 0 spiro atoms. The predicted octanol–water partition coefficient (Wildman–Crippen LogP) is 1.54. The van der Waals surface area contributed by atoms with Gasteiger partial charge in [0.15, 0.2) is 0 Å². The zero-order valence-electron chi connectivity index (χ0n) is 9.53. The van der Waals surface area contributed by atoms with Gasteiger partial charge in [-0.1, -0.05) is 6.08 Å². The van der Waals surface area contributed by atoms with Crippen LogP contribution in [0.15, 0.2) is 12.7 Å². The summed E-state index contributed by atoms with van der Waals surface area (Å²) in [5.74, 6) is -0.781. The van der Waals surface area contributed by atoms with Gasteiger partial charge in [0.25, 0.3) is 0 Å². The molecule has 1 rings (SSSR count).